The average molecular weight is 332 g/mol. The molecule has 0 aromatic carbocycles. The maximum Gasteiger partial charge on any atom is 0.195 e. The summed E-state index contributed by atoms with van der Waals surface area (Å²) in [6.07, 6.45) is 1.75. The largest absolute Gasteiger partial charge is 0.239 e. The van der Waals surface area contributed by atoms with Crippen molar-refractivity contribution in [3.05, 3.63) is 28.5 Å². The molecule has 18 heavy (non-hydrogen) atoms. The minimum absolute atomic E-state index is 0.305. The van der Waals surface area contributed by atoms with Gasteiger partial charge < -0.3 is 0 Å². The van der Waals surface area contributed by atoms with E-state index in [4.69, 9.17) is 0 Å². The van der Waals surface area contributed by atoms with Gasteiger partial charge in [0, 0.05) is 0 Å². The fourth-order valence-corrected chi connectivity index (χ4v) is 2.36. The van der Waals surface area contributed by atoms with Crippen molar-refractivity contribution < 1.29 is 4.21 Å². The van der Waals surface area contributed by atoms with Gasteiger partial charge in [0.2, 0.25) is 0 Å². The van der Waals surface area contributed by atoms with E-state index in [1.54, 1.807) is 0 Å². The Kier molecular flexibility index (Phi) is 5.66. The van der Waals surface area contributed by atoms with Crippen LogP contribution in [0, 0.1) is 0 Å². The van der Waals surface area contributed by atoms with Crippen molar-refractivity contribution in [2.45, 2.75) is 45.3 Å². The fourth-order valence-electron chi connectivity index (χ4n) is 1.29. The van der Waals surface area contributed by atoms with Crippen LogP contribution in [0.2, 0.25) is 0 Å². The zero-order valence-electron chi connectivity index (χ0n) is 11.3. The van der Waals surface area contributed by atoms with E-state index in [2.05, 4.69) is 32.2 Å². The van der Waals surface area contributed by atoms with Crippen LogP contribution < -0.4 is 0 Å². The van der Waals surface area contributed by atoms with Crippen LogP contribution in [0.3, 0.4) is 0 Å². The van der Waals surface area contributed by atoms with Crippen molar-refractivity contribution in [2.24, 2.45) is 4.40 Å². The van der Waals surface area contributed by atoms with E-state index < -0.39 is 11.0 Å². The minimum Gasteiger partial charge on any atom is -0.239 e. The molecule has 100 valence electrons. The average Bonchev–Trinajstić information content (AvgIpc) is 2.27. The molecule has 0 amide bonds. The molecule has 0 aliphatic heterocycles. The maximum absolute atomic E-state index is 12.1. The van der Waals surface area contributed by atoms with Gasteiger partial charge in [-0.2, -0.15) is 0 Å². The molecule has 1 aromatic rings. The predicted octanol–water partition coefficient (Wildman–Crippen LogP) is 3.84. The Labute approximate surface area is 120 Å². The van der Waals surface area contributed by atoms with Crippen LogP contribution in [0.5, 0.6) is 0 Å². The highest BCUT2D eigenvalue weighted by Gasteiger charge is 2.26. The number of pyridine rings is 1. The van der Waals surface area contributed by atoms with Gasteiger partial charge in [0.15, 0.2) is 11.0 Å². The first-order valence-corrected chi connectivity index (χ1v) is 8.03. The van der Waals surface area contributed by atoms with E-state index in [0.717, 1.165) is 28.9 Å². The lowest BCUT2D eigenvalue weighted by Gasteiger charge is -2.09. The molecule has 1 unspecified atom stereocenters. The number of halogens is 1. The van der Waals surface area contributed by atoms with Gasteiger partial charge >= 0.3 is 0 Å². The maximum atomic E-state index is 12.1. The molecule has 0 N–H and O–H groups in total. The summed E-state index contributed by atoms with van der Waals surface area (Å²) in [6, 6.07) is 5.70. The van der Waals surface area contributed by atoms with E-state index in [0.29, 0.717) is 0 Å². The first kappa shape index (κ1) is 15.5. The van der Waals surface area contributed by atoms with E-state index in [1.807, 2.05) is 39.0 Å². The first-order valence-electron chi connectivity index (χ1n) is 6.02. The SMILES string of the molecule is CCC/C(=N\[SH+](=O)C(C)(C)C)c1cccc(Br)n1. The van der Waals surface area contributed by atoms with Gasteiger partial charge in [-0.3, -0.25) is 0 Å². The minimum atomic E-state index is -1.62. The second-order valence-electron chi connectivity index (χ2n) is 5.09. The van der Waals surface area contributed by atoms with Gasteiger partial charge in [0.05, 0.1) is 5.69 Å². The first-order chi connectivity index (χ1) is 8.34. The molecule has 0 fully saturated rings. The van der Waals surface area contributed by atoms with Crippen LogP contribution in [-0.4, -0.2) is 15.4 Å². The summed E-state index contributed by atoms with van der Waals surface area (Å²) in [6.45, 7) is 7.89. The lowest BCUT2D eigenvalue weighted by atomic mass is 10.1. The summed E-state index contributed by atoms with van der Waals surface area (Å²) in [5.41, 5.74) is 1.63. The summed E-state index contributed by atoms with van der Waals surface area (Å²) in [5, 5.41) is 0. The summed E-state index contributed by atoms with van der Waals surface area (Å²) < 4.78 is 17.0. The molecule has 1 atom stereocenters. The summed E-state index contributed by atoms with van der Waals surface area (Å²) >= 11 is 3.35. The molecule has 3 nitrogen and oxygen atoms in total. The van der Waals surface area contributed by atoms with Gasteiger partial charge in [0.25, 0.3) is 0 Å². The second kappa shape index (κ2) is 6.57. The van der Waals surface area contributed by atoms with Crippen molar-refractivity contribution in [1.29, 1.82) is 0 Å². The van der Waals surface area contributed by atoms with Gasteiger partial charge in [0.1, 0.15) is 15.1 Å². The smallest absolute Gasteiger partial charge is 0.195 e. The highest BCUT2D eigenvalue weighted by molar-refractivity contribution is 9.10. The molecule has 0 bridgehead atoms. The molecular formula is C13H20BrN2OS+. The van der Waals surface area contributed by atoms with Crippen LogP contribution >= 0.6 is 15.9 Å². The van der Waals surface area contributed by atoms with Crippen molar-refractivity contribution in [1.82, 2.24) is 4.98 Å². The number of nitrogens with zero attached hydrogens (tertiary/aromatic N) is 2. The third-order valence-corrected chi connectivity index (χ3v) is 4.30. The molecule has 0 saturated carbocycles. The summed E-state index contributed by atoms with van der Waals surface area (Å²) in [4.78, 5) is 4.38. The lowest BCUT2D eigenvalue weighted by molar-refractivity contribution is 0.576. The lowest BCUT2D eigenvalue weighted by Crippen LogP contribution is -2.20. The number of hydrogen-bond acceptors (Lipinski definition) is 2. The number of hydrogen-bond donors (Lipinski definition) is 0. The number of aromatic nitrogens is 1. The van der Waals surface area contributed by atoms with Crippen LogP contribution in [0.1, 0.15) is 46.2 Å². The van der Waals surface area contributed by atoms with Crippen LogP contribution in [0.4, 0.5) is 0 Å². The monoisotopic (exact) mass is 331 g/mol. The summed E-state index contributed by atoms with van der Waals surface area (Å²) in [5.74, 6) is 0. The highest BCUT2D eigenvalue weighted by Crippen LogP contribution is 2.16. The number of thiol groups is 1. The predicted molar refractivity (Wildman–Crippen MR) is 82.6 cm³/mol. The van der Waals surface area contributed by atoms with Crippen molar-refractivity contribution in [3.63, 3.8) is 0 Å². The normalized spacial score (nSPS) is 14.6. The molecule has 1 rings (SSSR count). The Bertz CT molecular complexity index is 466. The van der Waals surface area contributed by atoms with Crippen molar-refractivity contribution >= 4 is 32.6 Å². The van der Waals surface area contributed by atoms with E-state index in [1.165, 1.54) is 0 Å². The quantitative estimate of drug-likeness (QED) is 0.364. The molecule has 1 aromatic heterocycles. The third kappa shape index (κ3) is 4.61. The van der Waals surface area contributed by atoms with E-state index in [9.17, 15) is 4.21 Å². The fraction of sp³-hybridized carbons (Fsp3) is 0.538. The van der Waals surface area contributed by atoms with Gasteiger partial charge in [-0.1, -0.05) is 28.0 Å². The Morgan fingerprint density at radius 2 is 2.11 bits per heavy atom. The van der Waals surface area contributed by atoms with Gasteiger partial charge in [-0.05, 0) is 55.3 Å². The molecule has 0 aliphatic rings. The molecule has 0 aliphatic carbocycles. The molecule has 0 spiro atoms. The van der Waals surface area contributed by atoms with Crippen LogP contribution in [0.15, 0.2) is 27.2 Å². The van der Waals surface area contributed by atoms with E-state index in [-0.39, 0.29) is 4.75 Å². The van der Waals surface area contributed by atoms with Crippen molar-refractivity contribution in [3.8, 4) is 0 Å². The van der Waals surface area contributed by atoms with Crippen molar-refractivity contribution in [2.75, 3.05) is 0 Å². The molecule has 0 radical (unpaired) electrons. The Morgan fingerprint density at radius 1 is 1.44 bits per heavy atom. The molecule has 1 heterocycles. The van der Waals surface area contributed by atoms with Gasteiger partial charge in [-0.15, -0.1) is 0 Å². The summed E-state index contributed by atoms with van der Waals surface area (Å²) in [7, 11) is -1.62. The zero-order valence-corrected chi connectivity index (χ0v) is 13.8. The highest BCUT2D eigenvalue weighted by atomic mass is 79.9. The van der Waals surface area contributed by atoms with E-state index >= 15 is 0 Å². The third-order valence-electron chi connectivity index (χ3n) is 2.28. The molecular weight excluding hydrogens is 312 g/mol. The molecule has 0 saturated heterocycles. The van der Waals surface area contributed by atoms with Crippen LogP contribution in [0.25, 0.3) is 0 Å². The topological polar surface area (TPSA) is 42.3 Å². The Hall–Kier alpha value is -0.550. The molecule has 5 heteroatoms. The standard InChI is InChI=1S/C13H19BrN2OS/c1-5-7-11(16-18(17)13(2,3)4)10-8-6-9-12(14)15-10/h6,8-9H,5,7H2,1-4H3/p+1/b16-11+. The second-order valence-corrected chi connectivity index (χ2v) is 7.99. The Morgan fingerprint density at radius 3 is 2.61 bits per heavy atom. The number of rotatable bonds is 4. The van der Waals surface area contributed by atoms with Crippen LogP contribution in [-0.2, 0) is 15.2 Å². The Balaban J connectivity index is 3.10. The van der Waals surface area contributed by atoms with Gasteiger partial charge in [-0.25, -0.2) is 4.98 Å². The zero-order chi connectivity index (χ0) is 13.8.